The van der Waals surface area contributed by atoms with E-state index in [1.807, 2.05) is 0 Å². The molecular formula is C8H8Cl4. The summed E-state index contributed by atoms with van der Waals surface area (Å²) >= 11 is 24.7. The molecule has 0 heterocycles. The molecular weight excluding hydrogens is 238 g/mol. The highest BCUT2D eigenvalue weighted by molar-refractivity contribution is 6.65. The zero-order valence-electron chi connectivity index (χ0n) is 6.34. The second kappa shape index (κ2) is 1.78. The summed E-state index contributed by atoms with van der Waals surface area (Å²) in [5, 5.41) is 0. The van der Waals surface area contributed by atoms with Crippen LogP contribution in [0.3, 0.4) is 0 Å². The Bertz CT molecular complexity index is 212. The van der Waals surface area contributed by atoms with Crippen molar-refractivity contribution in [1.29, 1.82) is 0 Å². The molecule has 0 saturated heterocycles. The second-order valence-corrected chi connectivity index (χ2v) is 6.97. The van der Waals surface area contributed by atoms with Crippen molar-refractivity contribution >= 4 is 46.4 Å². The minimum Gasteiger partial charge on any atom is -0.0976 e. The van der Waals surface area contributed by atoms with Crippen LogP contribution in [-0.4, -0.2) is 8.67 Å². The lowest BCUT2D eigenvalue weighted by Crippen LogP contribution is -2.67. The van der Waals surface area contributed by atoms with Crippen LogP contribution in [-0.2, 0) is 0 Å². The first kappa shape index (κ1) is 8.47. The maximum Gasteiger partial charge on any atom is 0.157 e. The molecule has 0 aromatic rings. The van der Waals surface area contributed by atoms with Crippen LogP contribution in [0.5, 0.6) is 0 Å². The molecule has 0 aromatic heterocycles. The maximum atomic E-state index is 6.18. The maximum absolute atomic E-state index is 6.18. The van der Waals surface area contributed by atoms with Gasteiger partial charge in [-0.2, -0.15) is 0 Å². The van der Waals surface area contributed by atoms with Gasteiger partial charge >= 0.3 is 0 Å². The predicted octanol–water partition coefficient (Wildman–Crippen LogP) is 3.91. The van der Waals surface area contributed by atoms with Crippen LogP contribution >= 0.6 is 46.4 Å². The number of hydrogen-bond donors (Lipinski definition) is 0. The van der Waals surface area contributed by atoms with Crippen LogP contribution in [0.15, 0.2) is 0 Å². The molecule has 2 spiro atoms. The molecule has 12 heavy (non-hydrogen) atoms. The van der Waals surface area contributed by atoms with Crippen molar-refractivity contribution in [1.82, 2.24) is 0 Å². The van der Waals surface area contributed by atoms with Gasteiger partial charge in [-0.3, -0.25) is 0 Å². The third kappa shape index (κ3) is 0.518. The lowest BCUT2D eigenvalue weighted by atomic mass is 9.64. The molecule has 68 valence electrons. The first-order valence-electron chi connectivity index (χ1n) is 4.17. The molecule has 4 heteroatoms. The summed E-state index contributed by atoms with van der Waals surface area (Å²) in [6.07, 6.45) is 4.39. The van der Waals surface area contributed by atoms with Gasteiger partial charge in [-0.05, 0) is 25.7 Å². The van der Waals surface area contributed by atoms with Crippen molar-refractivity contribution in [3.8, 4) is 0 Å². The van der Waals surface area contributed by atoms with Crippen molar-refractivity contribution in [2.45, 2.75) is 34.3 Å². The summed E-state index contributed by atoms with van der Waals surface area (Å²) in [6, 6.07) is 0. The van der Waals surface area contributed by atoms with Gasteiger partial charge in [0.05, 0.1) is 0 Å². The van der Waals surface area contributed by atoms with Crippen LogP contribution in [0.1, 0.15) is 25.7 Å². The standard InChI is InChI=1S/C8H8Cl4/c9-7(10)5(1-2-5)6(3-4-6)8(7,11)12/h1-4H2. The summed E-state index contributed by atoms with van der Waals surface area (Å²) in [6.45, 7) is 0. The first-order valence-corrected chi connectivity index (χ1v) is 5.68. The highest BCUT2D eigenvalue weighted by Gasteiger charge is 2.94. The van der Waals surface area contributed by atoms with Crippen LogP contribution < -0.4 is 0 Å². The van der Waals surface area contributed by atoms with E-state index < -0.39 is 8.67 Å². The predicted molar refractivity (Wildman–Crippen MR) is 52.2 cm³/mol. The molecule has 0 amide bonds. The SMILES string of the molecule is ClC1(Cl)C(Cl)(Cl)C2(CC2)C12CC2. The van der Waals surface area contributed by atoms with Gasteiger partial charge in [0.1, 0.15) is 0 Å². The lowest BCUT2D eigenvalue weighted by molar-refractivity contribution is 0.0827. The summed E-state index contributed by atoms with van der Waals surface area (Å²) in [5.74, 6) is 0. The molecule has 3 fully saturated rings. The topological polar surface area (TPSA) is 0 Å². The fourth-order valence-corrected chi connectivity index (χ4v) is 5.18. The van der Waals surface area contributed by atoms with Gasteiger partial charge in [0.15, 0.2) is 8.67 Å². The van der Waals surface area contributed by atoms with E-state index in [1.54, 1.807) is 0 Å². The van der Waals surface area contributed by atoms with Gasteiger partial charge < -0.3 is 0 Å². The molecule has 0 aromatic carbocycles. The Morgan fingerprint density at radius 3 is 1.00 bits per heavy atom. The van der Waals surface area contributed by atoms with E-state index in [2.05, 4.69) is 0 Å². The highest BCUT2D eigenvalue weighted by atomic mass is 35.5. The van der Waals surface area contributed by atoms with Crippen molar-refractivity contribution in [2.24, 2.45) is 10.8 Å². The Kier molecular flexibility index (Phi) is 1.26. The highest BCUT2D eigenvalue weighted by Crippen LogP contribution is 2.93. The minimum absolute atomic E-state index is 0.0760. The smallest absolute Gasteiger partial charge is 0.0976 e. The average molecular weight is 246 g/mol. The van der Waals surface area contributed by atoms with Gasteiger partial charge in [0.25, 0.3) is 0 Å². The Labute approximate surface area is 91.5 Å². The third-order valence-electron chi connectivity index (χ3n) is 4.01. The molecule has 0 radical (unpaired) electrons. The monoisotopic (exact) mass is 244 g/mol. The molecule has 3 saturated carbocycles. The minimum atomic E-state index is -0.903. The van der Waals surface area contributed by atoms with Crippen LogP contribution in [0, 0.1) is 10.8 Å². The summed E-state index contributed by atoms with van der Waals surface area (Å²) in [7, 11) is 0. The van der Waals surface area contributed by atoms with E-state index in [0.717, 1.165) is 25.7 Å². The van der Waals surface area contributed by atoms with E-state index in [4.69, 9.17) is 46.4 Å². The first-order chi connectivity index (χ1) is 5.41. The molecule has 0 N–H and O–H groups in total. The zero-order chi connectivity index (χ0) is 8.83. The molecule has 0 unspecified atom stereocenters. The molecule has 0 atom stereocenters. The molecule has 3 rings (SSSR count). The molecule has 0 aliphatic heterocycles. The van der Waals surface area contributed by atoms with Gasteiger partial charge in [-0.1, -0.05) is 46.4 Å². The quantitative estimate of drug-likeness (QED) is 0.568. The summed E-state index contributed by atoms with van der Waals surface area (Å²) < 4.78 is -1.81. The Morgan fingerprint density at radius 2 is 0.833 bits per heavy atom. The van der Waals surface area contributed by atoms with E-state index in [1.165, 1.54) is 0 Å². The zero-order valence-corrected chi connectivity index (χ0v) is 9.36. The molecule has 3 aliphatic carbocycles. The van der Waals surface area contributed by atoms with Crippen molar-refractivity contribution in [3.05, 3.63) is 0 Å². The van der Waals surface area contributed by atoms with E-state index in [0.29, 0.717) is 0 Å². The molecule has 0 nitrogen and oxygen atoms in total. The summed E-state index contributed by atoms with van der Waals surface area (Å²) in [5.41, 5.74) is 0.152. The van der Waals surface area contributed by atoms with Gasteiger partial charge in [0.2, 0.25) is 0 Å². The van der Waals surface area contributed by atoms with E-state index >= 15 is 0 Å². The van der Waals surface area contributed by atoms with Crippen molar-refractivity contribution < 1.29 is 0 Å². The number of halogens is 4. The normalized spacial score (nSPS) is 41.0. The molecule has 3 aliphatic rings. The fourth-order valence-electron chi connectivity index (χ4n) is 2.97. The number of hydrogen-bond acceptors (Lipinski definition) is 0. The van der Waals surface area contributed by atoms with Crippen LogP contribution in [0.2, 0.25) is 0 Å². The Morgan fingerprint density at radius 1 is 0.583 bits per heavy atom. The van der Waals surface area contributed by atoms with Gasteiger partial charge in [0, 0.05) is 10.8 Å². The van der Waals surface area contributed by atoms with Crippen molar-refractivity contribution in [2.75, 3.05) is 0 Å². The van der Waals surface area contributed by atoms with Crippen molar-refractivity contribution in [3.63, 3.8) is 0 Å². The van der Waals surface area contributed by atoms with Gasteiger partial charge in [-0.25, -0.2) is 0 Å². The lowest BCUT2D eigenvalue weighted by Gasteiger charge is -2.59. The van der Waals surface area contributed by atoms with Crippen LogP contribution in [0.4, 0.5) is 0 Å². The molecule has 0 bridgehead atoms. The third-order valence-corrected chi connectivity index (χ3v) is 6.98. The van der Waals surface area contributed by atoms with E-state index in [9.17, 15) is 0 Å². The van der Waals surface area contributed by atoms with Crippen LogP contribution in [0.25, 0.3) is 0 Å². The van der Waals surface area contributed by atoms with Gasteiger partial charge in [-0.15, -0.1) is 0 Å². The Balaban J connectivity index is 2.09. The largest absolute Gasteiger partial charge is 0.157 e. The number of fused-ring (bicyclic) bond motifs is 1. The fraction of sp³-hybridized carbons (Fsp3) is 1.00. The summed E-state index contributed by atoms with van der Waals surface area (Å²) in [4.78, 5) is 0. The second-order valence-electron chi connectivity index (χ2n) is 4.31. The number of rotatable bonds is 0. The number of alkyl halides is 4. The average Bonchev–Trinajstić information content (AvgIpc) is 2.81. The van der Waals surface area contributed by atoms with E-state index in [-0.39, 0.29) is 10.8 Å². The Hall–Kier alpha value is 1.16.